The summed E-state index contributed by atoms with van der Waals surface area (Å²) in [7, 11) is 0. The van der Waals surface area contributed by atoms with E-state index in [1.54, 1.807) is 0 Å². The zero-order valence-corrected chi connectivity index (χ0v) is 10.9. The van der Waals surface area contributed by atoms with Crippen LogP contribution in [0, 0.1) is 0 Å². The molecule has 0 spiro atoms. The van der Waals surface area contributed by atoms with E-state index in [1.165, 1.54) is 5.39 Å². The van der Waals surface area contributed by atoms with Crippen LogP contribution in [0.4, 0.5) is 0 Å². The van der Waals surface area contributed by atoms with E-state index in [0.717, 1.165) is 17.5 Å². The number of amides is 1. The van der Waals surface area contributed by atoms with Crippen molar-refractivity contribution in [3.8, 4) is 0 Å². The van der Waals surface area contributed by atoms with Gasteiger partial charge in [0.25, 0.3) is 0 Å². The summed E-state index contributed by atoms with van der Waals surface area (Å²) >= 11 is 0. The molecule has 3 nitrogen and oxygen atoms in total. The van der Waals surface area contributed by atoms with Gasteiger partial charge in [-0.15, -0.1) is 0 Å². The minimum atomic E-state index is 0. The molecule has 0 aromatic heterocycles. The van der Waals surface area contributed by atoms with Crippen molar-refractivity contribution in [1.29, 1.82) is 0 Å². The number of halogens is 1. The average Bonchev–Trinajstić information content (AvgIpc) is 2.37. The second kappa shape index (κ2) is 6.99. The highest BCUT2D eigenvalue weighted by Gasteiger charge is 2.05. The summed E-state index contributed by atoms with van der Waals surface area (Å²) < 4.78 is 0. The van der Waals surface area contributed by atoms with Gasteiger partial charge in [-0.25, -0.2) is 0 Å². The second-order valence-corrected chi connectivity index (χ2v) is 4.02. The van der Waals surface area contributed by atoms with Gasteiger partial charge in [0.1, 0.15) is 0 Å². The lowest BCUT2D eigenvalue weighted by atomic mass is 10.0. The van der Waals surface area contributed by atoms with Crippen molar-refractivity contribution in [2.45, 2.75) is 6.42 Å². The van der Waals surface area contributed by atoms with Gasteiger partial charge < -0.3 is 23.5 Å². The Hall–Kier alpha value is -1.58. The molecule has 0 aliphatic rings. The van der Waals surface area contributed by atoms with Gasteiger partial charge in [-0.2, -0.15) is 0 Å². The van der Waals surface area contributed by atoms with E-state index in [0.29, 0.717) is 13.0 Å². The smallest absolute Gasteiger partial charge is 0.224 e. The van der Waals surface area contributed by atoms with E-state index in [4.69, 9.17) is 0 Å². The normalized spacial score (nSPS) is 9.83. The van der Waals surface area contributed by atoms with E-state index in [9.17, 15) is 4.79 Å². The van der Waals surface area contributed by atoms with Gasteiger partial charge in [0.2, 0.25) is 5.91 Å². The summed E-state index contributed by atoms with van der Waals surface area (Å²) in [4.78, 5) is 11.7. The van der Waals surface area contributed by atoms with Crippen molar-refractivity contribution in [2.75, 3.05) is 13.1 Å². The largest absolute Gasteiger partial charge is 1.00 e. The van der Waals surface area contributed by atoms with Crippen molar-refractivity contribution in [3.63, 3.8) is 0 Å². The lowest BCUT2D eigenvalue weighted by Crippen LogP contribution is -3.00. The van der Waals surface area contributed by atoms with Gasteiger partial charge >= 0.3 is 0 Å². The fraction of sp³-hybridized carbons (Fsp3) is 0.214. The standard InChI is InChI=1S/C14H16N2O.ClH/c15-8-9-16-14(17)10-12-6-3-5-11-4-1-2-7-13(11)12;/h1-7H,8-10,15H2,(H,16,17);1H. The van der Waals surface area contributed by atoms with Crippen LogP contribution in [-0.2, 0) is 11.2 Å². The Morgan fingerprint density at radius 2 is 1.83 bits per heavy atom. The summed E-state index contributed by atoms with van der Waals surface area (Å²) in [5.74, 6) is 0.0602. The molecule has 0 saturated carbocycles. The van der Waals surface area contributed by atoms with Crippen LogP contribution in [0.1, 0.15) is 5.56 Å². The number of benzene rings is 2. The molecule has 0 atom stereocenters. The van der Waals surface area contributed by atoms with E-state index in [2.05, 4.69) is 29.2 Å². The minimum Gasteiger partial charge on any atom is -1.00 e. The average molecular weight is 265 g/mol. The topological polar surface area (TPSA) is 56.7 Å². The van der Waals surface area contributed by atoms with Crippen LogP contribution in [0.2, 0.25) is 0 Å². The molecule has 4 heteroatoms. The fourth-order valence-corrected chi connectivity index (χ4v) is 1.91. The van der Waals surface area contributed by atoms with E-state index >= 15 is 0 Å². The zero-order chi connectivity index (χ0) is 12.1. The molecule has 0 heterocycles. The van der Waals surface area contributed by atoms with Crippen molar-refractivity contribution >= 4 is 16.7 Å². The third kappa shape index (κ3) is 3.45. The highest BCUT2D eigenvalue weighted by molar-refractivity contribution is 5.90. The Morgan fingerprint density at radius 3 is 2.61 bits per heavy atom. The molecule has 0 aliphatic heterocycles. The van der Waals surface area contributed by atoms with Gasteiger partial charge in [0.15, 0.2) is 0 Å². The van der Waals surface area contributed by atoms with Crippen molar-refractivity contribution < 1.29 is 22.9 Å². The molecule has 0 bridgehead atoms. The number of nitrogens with one attached hydrogen (secondary N) is 1. The van der Waals surface area contributed by atoms with Crippen LogP contribution in [0.3, 0.4) is 0 Å². The summed E-state index contributed by atoms with van der Waals surface area (Å²) in [5, 5.41) is 5.17. The number of hydrogen-bond acceptors (Lipinski definition) is 1. The predicted molar refractivity (Wildman–Crippen MR) is 68.4 cm³/mol. The Bertz CT molecular complexity index is 523. The third-order valence-electron chi connectivity index (χ3n) is 2.73. The maximum absolute atomic E-state index is 11.7. The molecule has 2 aromatic rings. The van der Waals surface area contributed by atoms with Crippen molar-refractivity contribution in [2.24, 2.45) is 0 Å². The summed E-state index contributed by atoms with van der Waals surface area (Å²) in [6, 6.07) is 14.2. The molecule has 0 unspecified atom stereocenters. The Labute approximate surface area is 113 Å². The molecular weight excluding hydrogens is 248 g/mol. The quantitative estimate of drug-likeness (QED) is 0.644. The molecule has 2 rings (SSSR count). The van der Waals surface area contributed by atoms with Crippen LogP contribution >= 0.6 is 0 Å². The SMILES string of the molecule is [Cl-].[NH3+]CCNC(=O)Cc1cccc2ccccc12. The van der Waals surface area contributed by atoms with Gasteiger partial charge in [0.05, 0.1) is 19.5 Å². The maximum atomic E-state index is 11.7. The Balaban J connectivity index is 0.00000162. The lowest BCUT2D eigenvalue weighted by molar-refractivity contribution is -0.364. The monoisotopic (exact) mass is 264 g/mol. The van der Waals surface area contributed by atoms with Gasteiger partial charge in [-0.05, 0) is 16.3 Å². The molecule has 2 aromatic carbocycles. The maximum Gasteiger partial charge on any atom is 0.224 e. The van der Waals surface area contributed by atoms with Gasteiger partial charge in [0, 0.05) is 0 Å². The lowest BCUT2D eigenvalue weighted by Gasteiger charge is -2.06. The summed E-state index contributed by atoms with van der Waals surface area (Å²) in [6.45, 7) is 1.37. The van der Waals surface area contributed by atoms with Crippen LogP contribution in [0.25, 0.3) is 10.8 Å². The predicted octanol–water partition coefficient (Wildman–Crippen LogP) is -2.26. The van der Waals surface area contributed by atoms with E-state index in [-0.39, 0.29) is 18.3 Å². The molecule has 96 valence electrons. The van der Waals surface area contributed by atoms with E-state index in [1.807, 2.05) is 24.3 Å². The molecule has 0 saturated heterocycles. The van der Waals surface area contributed by atoms with Gasteiger partial charge in [-0.1, -0.05) is 42.5 Å². The summed E-state index contributed by atoms with van der Waals surface area (Å²) in [5.41, 5.74) is 4.77. The second-order valence-electron chi connectivity index (χ2n) is 4.02. The first-order valence-electron chi connectivity index (χ1n) is 5.84. The number of rotatable bonds is 4. The summed E-state index contributed by atoms with van der Waals surface area (Å²) in [6.07, 6.45) is 0.432. The Kier molecular flexibility index (Phi) is 5.62. The molecule has 0 aliphatic carbocycles. The molecule has 0 fully saturated rings. The molecule has 18 heavy (non-hydrogen) atoms. The van der Waals surface area contributed by atoms with Crippen LogP contribution in [0.15, 0.2) is 42.5 Å². The highest BCUT2D eigenvalue weighted by Crippen LogP contribution is 2.18. The van der Waals surface area contributed by atoms with Crippen molar-refractivity contribution in [3.05, 3.63) is 48.0 Å². The van der Waals surface area contributed by atoms with Crippen LogP contribution < -0.4 is 23.5 Å². The number of fused-ring (bicyclic) bond motifs is 1. The van der Waals surface area contributed by atoms with Gasteiger partial charge in [-0.3, -0.25) is 4.79 Å². The molecular formula is C14H17ClN2O. The number of quaternary nitrogens is 1. The number of carbonyl (C=O) groups is 1. The highest BCUT2D eigenvalue weighted by atomic mass is 35.5. The first-order chi connectivity index (χ1) is 8.31. The first-order valence-corrected chi connectivity index (χ1v) is 5.84. The van der Waals surface area contributed by atoms with Crippen LogP contribution in [0.5, 0.6) is 0 Å². The van der Waals surface area contributed by atoms with E-state index < -0.39 is 0 Å². The third-order valence-corrected chi connectivity index (χ3v) is 2.73. The Morgan fingerprint density at radius 1 is 1.11 bits per heavy atom. The number of hydrogen-bond donors (Lipinski definition) is 2. The minimum absolute atomic E-state index is 0. The molecule has 0 radical (unpaired) electrons. The van der Waals surface area contributed by atoms with Crippen molar-refractivity contribution in [1.82, 2.24) is 5.32 Å². The van der Waals surface area contributed by atoms with Crippen LogP contribution in [-0.4, -0.2) is 19.0 Å². The first kappa shape index (κ1) is 14.5. The number of carbonyl (C=O) groups excluding carboxylic acids is 1. The zero-order valence-electron chi connectivity index (χ0n) is 10.2. The molecule has 4 N–H and O–H groups in total. The molecule has 1 amide bonds. The fourth-order valence-electron chi connectivity index (χ4n) is 1.91.